The summed E-state index contributed by atoms with van der Waals surface area (Å²) in [6.45, 7) is 1.38. The summed E-state index contributed by atoms with van der Waals surface area (Å²) in [5.74, 6) is 1.04. The van der Waals surface area contributed by atoms with Gasteiger partial charge in [-0.2, -0.15) is 0 Å². The lowest BCUT2D eigenvalue weighted by Crippen LogP contribution is -2.40. The van der Waals surface area contributed by atoms with Gasteiger partial charge in [-0.25, -0.2) is 9.78 Å². The van der Waals surface area contributed by atoms with Gasteiger partial charge >= 0.3 is 5.69 Å². The molecular formula is C33H35N5O6. The number of methoxy groups -OCH3 is 1. The maximum atomic E-state index is 13.6. The Labute approximate surface area is 253 Å². The maximum absolute atomic E-state index is 13.6. The Hall–Kier alpha value is -5.32. The van der Waals surface area contributed by atoms with E-state index in [9.17, 15) is 19.5 Å². The fraction of sp³-hybridized carbons (Fsp3) is 0.273. The highest BCUT2D eigenvalue weighted by molar-refractivity contribution is 5.90. The average Bonchev–Trinajstić information content (AvgIpc) is 3.55. The first-order valence-corrected chi connectivity index (χ1v) is 14.5. The highest BCUT2D eigenvalue weighted by atomic mass is 16.5. The number of aromatic nitrogens is 4. The fourth-order valence-corrected chi connectivity index (χ4v) is 5.02. The number of aromatic hydroxyl groups is 1. The Morgan fingerprint density at radius 2 is 1.75 bits per heavy atom. The summed E-state index contributed by atoms with van der Waals surface area (Å²) >= 11 is 0. The van der Waals surface area contributed by atoms with E-state index >= 15 is 0 Å². The molecule has 0 saturated carbocycles. The number of fused-ring (bicyclic) bond motifs is 1. The Balaban J connectivity index is 1.21. The maximum Gasteiger partial charge on any atom is 0.331 e. The van der Waals surface area contributed by atoms with Crippen molar-refractivity contribution in [1.29, 1.82) is 0 Å². The van der Waals surface area contributed by atoms with E-state index in [0.29, 0.717) is 30.0 Å². The summed E-state index contributed by atoms with van der Waals surface area (Å²) in [6, 6.07) is 18.9. The van der Waals surface area contributed by atoms with E-state index in [0.717, 1.165) is 24.9 Å². The van der Waals surface area contributed by atoms with Crippen LogP contribution in [-0.2, 0) is 24.4 Å². The second-order valence-corrected chi connectivity index (χ2v) is 10.4. The number of benzene rings is 3. The molecule has 2 N–H and O–H groups in total. The van der Waals surface area contributed by atoms with Crippen LogP contribution in [0, 0.1) is 0 Å². The van der Waals surface area contributed by atoms with Crippen LogP contribution in [0.25, 0.3) is 10.9 Å². The fourth-order valence-electron chi connectivity index (χ4n) is 5.02. The minimum absolute atomic E-state index is 0.0661. The SMILES string of the molecule is COc1ccc(Cn2c(=O)c3cccc(O)c3n(CCCOc3cccc(NC(=O)CCCCn4ccnc4)c3)c2=O)cc1. The molecule has 0 aliphatic carbocycles. The van der Waals surface area contributed by atoms with Crippen molar-refractivity contribution in [2.24, 2.45) is 0 Å². The third-order valence-electron chi connectivity index (χ3n) is 7.26. The van der Waals surface area contributed by atoms with Crippen molar-refractivity contribution in [3.63, 3.8) is 0 Å². The summed E-state index contributed by atoms with van der Waals surface area (Å²) < 4.78 is 15.7. The summed E-state index contributed by atoms with van der Waals surface area (Å²) in [6.07, 6.45) is 7.88. The van der Waals surface area contributed by atoms with Crippen molar-refractivity contribution in [2.75, 3.05) is 19.0 Å². The van der Waals surface area contributed by atoms with Crippen molar-refractivity contribution < 1.29 is 19.4 Å². The number of ether oxygens (including phenoxy) is 2. The number of phenolic OH excluding ortho intramolecular Hbond substituents is 1. The lowest BCUT2D eigenvalue weighted by molar-refractivity contribution is -0.116. The number of nitrogens with one attached hydrogen (secondary N) is 1. The minimum atomic E-state index is -0.519. The second-order valence-electron chi connectivity index (χ2n) is 10.4. The predicted molar refractivity (Wildman–Crippen MR) is 167 cm³/mol. The molecule has 0 aliphatic heterocycles. The van der Waals surface area contributed by atoms with Crippen molar-refractivity contribution in [3.05, 3.63) is 112 Å². The number of unbranched alkanes of at least 4 members (excludes halogenated alkanes) is 1. The molecule has 0 radical (unpaired) electrons. The van der Waals surface area contributed by atoms with Crippen LogP contribution in [-0.4, -0.2) is 43.4 Å². The Kier molecular flexibility index (Phi) is 9.75. The smallest absolute Gasteiger partial charge is 0.331 e. The number of rotatable bonds is 14. The van der Waals surface area contributed by atoms with Gasteiger partial charge in [0.15, 0.2) is 0 Å². The molecule has 1 amide bonds. The quantitative estimate of drug-likeness (QED) is 0.182. The first-order valence-electron chi connectivity index (χ1n) is 14.5. The first kappa shape index (κ1) is 30.1. The van der Waals surface area contributed by atoms with E-state index in [1.54, 1.807) is 80.3 Å². The molecule has 3 aromatic carbocycles. The number of carbonyl (C=O) groups excluding carboxylic acids is 1. The van der Waals surface area contributed by atoms with Crippen LogP contribution >= 0.6 is 0 Å². The Bertz CT molecular complexity index is 1830. The van der Waals surface area contributed by atoms with Crippen molar-refractivity contribution in [3.8, 4) is 17.2 Å². The third kappa shape index (κ3) is 7.35. The first-order chi connectivity index (χ1) is 21.4. The normalized spacial score (nSPS) is 11.0. The standard InChI is InChI=1S/C33H35N5O6/c1-43-26-14-12-24(13-15-26)22-38-32(41)28-9-5-10-29(39)31(28)37(33(38)42)18-6-20-44-27-8-4-7-25(21-27)35-30(40)11-2-3-17-36-19-16-34-23-36/h4-5,7-10,12-16,19,21,23,39H,2-3,6,11,17-18,20,22H2,1H3,(H,35,40). The number of anilines is 1. The molecule has 11 heteroatoms. The van der Waals surface area contributed by atoms with Crippen molar-refractivity contribution in [2.45, 2.75) is 45.3 Å². The van der Waals surface area contributed by atoms with Gasteiger partial charge in [0, 0.05) is 43.7 Å². The van der Waals surface area contributed by atoms with Gasteiger partial charge in [0.1, 0.15) is 22.8 Å². The molecule has 0 unspecified atom stereocenters. The zero-order valence-corrected chi connectivity index (χ0v) is 24.5. The van der Waals surface area contributed by atoms with Crippen molar-refractivity contribution in [1.82, 2.24) is 18.7 Å². The van der Waals surface area contributed by atoms with E-state index in [-0.39, 0.29) is 42.3 Å². The topological polar surface area (TPSA) is 130 Å². The van der Waals surface area contributed by atoms with Gasteiger partial charge in [0.2, 0.25) is 5.91 Å². The molecule has 44 heavy (non-hydrogen) atoms. The molecule has 2 heterocycles. The van der Waals surface area contributed by atoms with E-state index in [4.69, 9.17) is 9.47 Å². The molecule has 11 nitrogen and oxygen atoms in total. The summed E-state index contributed by atoms with van der Waals surface area (Å²) in [7, 11) is 1.57. The lowest BCUT2D eigenvalue weighted by Gasteiger charge is -2.15. The number of imidazole rings is 1. The molecule has 2 aromatic heterocycles. The number of para-hydroxylation sites is 1. The van der Waals surface area contributed by atoms with Gasteiger partial charge in [-0.05, 0) is 61.2 Å². The lowest BCUT2D eigenvalue weighted by atomic mass is 10.2. The molecule has 0 spiro atoms. The van der Waals surface area contributed by atoms with Crippen LogP contribution in [0.3, 0.4) is 0 Å². The van der Waals surface area contributed by atoms with Gasteiger partial charge in [0.25, 0.3) is 5.56 Å². The molecule has 0 bridgehead atoms. The molecule has 5 rings (SSSR count). The number of hydrogen-bond acceptors (Lipinski definition) is 7. The van der Waals surface area contributed by atoms with E-state index < -0.39 is 11.2 Å². The zero-order valence-electron chi connectivity index (χ0n) is 24.5. The number of amides is 1. The summed E-state index contributed by atoms with van der Waals surface area (Å²) in [5, 5.41) is 13.8. The third-order valence-corrected chi connectivity index (χ3v) is 7.26. The number of nitrogens with zero attached hydrogens (tertiary/aromatic N) is 4. The summed E-state index contributed by atoms with van der Waals surface area (Å²) in [4.78, 5) is 43.3. The van der Waals surface area contributed by atoms with E-state index in [2.05, 4.69) is 10.3 Å². The van der Waals surface area contributed by atoms with Crippen LogP contribution in [0.2, 0.25) is 0 Å². The Morgan fingerprint density at radius 1 is 0.932 bits per heavy atom. The largest absolute Gasteiger partial charge is 0.506 e. The van der Waals surface area contributed by atoms with E-state index in [1.165, 1.54) is 15.2 Å². The van der Waals surface area contributed by atoms with Crippen LogP contribution < -0.4 is 26.0 Å². The predicted octanol–water partition coefficient (Wildman–Crippen LogP) is 4.40. The summed E-state index contributed by atoms with van der Waals surface area (Å²) in [5.41, 5.74) is 0.611. The molecule has 0 aliphatic rings. The number of carbonyl (C=O) groups is 1. The molecule has 0 fully saturated rings. The van der Waals surface area contributed by atoms with Gasteiger partial charge in [-0.3, -0.25) is 18.7 Å². The number of aryl methyl sites for hydroxylation is 2. The van der Waals surface area contributed by atoms with E-state index in [1.807, 2.05) is 10.8 Å². The van der Waals surface area contributed by atoms with Crippen LogP contribution in [0.4, 0.5) is 5.69 Å². The highest BCUT2D eigenvalue weighted by Crippen LogP contribution is 2.22. The van der Waals surface area contributed by atoms with Crippen molar-refractivity contribution >= 4 is 22.5 Å². The average molecular weight is 598 g/mol. The molecule has 5 aromatic rings. The molecular weight excluding hydrogens is 562 g/mol. The second kappa shape index (κ2) is 14.2. The van der Waals surface area contributed by atoms with Gasteiger partial charge in [-0.15, -0.1) is 0 Å². The molecule has 0 saturated heterocycles. The van der Waals surface area contributed by atoms with Gasteiger partial charge in [-0.1, -0.05) is 24.3 Å². The minimum Gasteiger partial charge on any atom is -0.506 e. The van der Waals surface area contributed by atoms with Gasteiger partial charge in [0.05, 0.1) is 32.0 Å². The van der Waals surface area contributed by atoms with Gasteiger partial charge < -0.3 is 24.5 Å². The van der Waals surface area contributed by atoms with Crippen LogP contribution in [0.1, 0.15) is 31.2 Å². The monoisotopic (exact) mass is 597 g/mol. The molecule has 228 valence electrons. The Morgan fingerprint density at radius 3 is 2.52 bits per heavy atom. The number of hydrogen-bond donors (Lipinski definition) is 2. The number of phenols is 1. The van der Waals surface area contributed by atoms with Crippen LogP contribution in [0.5, 0.6) is 17.2 Å². The highest BCUT2D eigenvalue weighted by Gasteiger charge is 2.16. The molecule has 0 atom stereocenters. The zero-order chi connectivity index (χ0) is 30.9. The van der Waals surface area contributed by atoms with Crippen LogP contribution in [0.15, 0.2) is 95.0 Å².